The largest absolute Gasteiger partial charge is 0.0582 e. The number of aryl methyl sites for hydroxylation is 2. The maximum atomic E-state index is 3.47. The van der Waals surface area contributed by atoms with E-state index in [4.69, 9.17) is 0 Å². The highest BCUT2D eigenvalue weighted by Gasteiger charge is 2.11. The second-order valence-corrected chi connectivity index (χ2v) is 5.26. The van der Waals surface area contributed by atoms with Crippen LogP contribution in [-0.2, 0) is 12.8 Å². The van der Waals surface area contributed by atoms with Crippen LogP contribution in [0, 0.1) is 0 Å². The van der Waals surface area contributed by atoms with Crippen molar-refractivity contribution in [1.29, 1.82) is 0 Å². The predicted molar refractivity (Wildman–Crippen MR) is 71.6 cm³/mol. The molecule has 1 aliphatic carbocycles. The fourth-order valence-corrected chi connectivity index (χ4v) is 2.66. The Bertz CT molecular complexity index is 511. The third-order valence-electron chi connectivity index (χ3n) is 3.28. The van der Waals surface area contributed by atoms with Gasteiger partial charge in [0.25, 0.3) is 0 Å². The van der Waals surface area contributed by atoms with Gasteiger partial charge in [-0.1, -0.05) is 46.3 Å². The van der Waals surface area contributed by atoms with Gasteiger partial charge in [-0.2, -0.15) is 0 Å². The monoisotopic (exact) mass is 272 g/mol. The van der Waals surface area contributed by atoms with Crippen molar-refractivity contribution in [3.05, 3.63) is 58.1 Å². The summed E-state index contributed by atoms with van der Waals surface area (Å²) in [6.07, 6.45) is 3.83. The molecule has 0 saturated carbocycles. The molecule has 0 N–H and O–H groups in total. The Labute approximate surface area is 104 Å². The van der Waals surface area contributed by atoms with Crippen LogP contribution < -0.4 is 0 Å². The van der Waals surface area contributed by atoms with Crippen molar-refractivity contribution >= 4 is 15.9 Å². The second kappa shape index (κ2) is 4.06. The Hall–Kier alpha value is -1.08. The number of hydrogen-bond donors (Lipinski definition) is 0. The molecule has 1 heteroatoms. The van der Waals surface area contributed by atoms with Crippen LogP contribution in [0.3, 0.4) is 0 Å². The molecule has 0 spiro atoms. The summed E-state index contributed by atoms with van der Waals surface area (Å²) >= 11 is 3.47. The molecule has 0 saturated heterocycles. The van der Waals surface area contributed by atoms with Gasteiger partial charge in [0.1, 0.15) is 0 Å². The summed E-state index contributed by atoms with van der Waals surface area (Å²) in [7, 11) is 0. The van der Waals surface area contributed by atoms with E-state index in [2.05, 4.69) is 58.4 Å². The van der Waals surface area contributed by atoms with Crippen LogP contribution in [0.25, 0.3) is 11.1 Å². The summed E-state index contributed by atoms with van der Waals surface area (Å²) in [6.45, 7) is 0. The van der Waals surface area contributed by atoms with Crippen molar-refractivity contribution in [2.24, 2.45) is 0 Å². The summed E-state index contributed by atoms with van der Waals surface area (Å²) in [5.41, 5.74) is 5.73. The molecule has 0 amide bonds. The standard InChI is InChI=1S/C15H13Br/c16-15-8-6-12(7-9-15)14-5-4-11-2-1-3-13(11)10-14/h4-10H,1-3H2. The van der Waals surface area contributed by atoms with E-state index in [1.165, 1.54) is 30.4 Å². The first-order valence-electron chi connectivity index (χ1n) is 5.71. The Morgan fingerprint density at radius 2 is 1.44 bits per heavy atom. The van der Waals surface area contributed by atoms with Gasteiger partial charge in [0.15, 0.2) is 0 Å². The number of hydrogen-bond acceptors (Lipinski definition) is 0. The van der Waals surface area contributed by atoms with Crippen molar-refractivity contribution in [2.45, 2.75) is 19.3 Å². The first-order chi connectivity index (χ1) is 7.83. The summed E-state index contributed by atoms with van der Waals surface area (Å²) in [5.74, 6) is 0. The zero-order valence-corrected chi connectivity index (χ0v) is 10.6. The van der Waals surface area contributed by atoms with Crippen LogP contribution >= 0.6 is 15.9 Å². The molecule has 0 heterocycles. The first kappa shape index (κ1) is 10.1. The van der Waals surface area contributed by atoms with Crippen molar-refractivity contribution in [3.63, 3.8) is 0 Å². The molecular formula is C15H13Br. The molecular weight excluding hydrogens is 260 g/mol. The molecule has 2 aromatic rings. The molecule has 0 unspecified atom stereocenters. The molecule has 80 valence electrons. The zero-order valence-electron chi connectivity index (χ0n) is 9.04. The minimum absolute atomic E-state index is 1.14. The Morgan fingerprint density at radius 1 is 0.750 bits per heavy atom. The highest BCUT2D eigenvalue weighted by Crippen LogP contribution is 2.28. The molecule has 1 aliphatic rings. The molecule has 0 fully saturated rings. The fraction of sp³-hybridized carbons (Fsp3) is 0.200. The van der Waals surface area contributed by atoms with Gasteiger partial charge in [-0.15, -0.1) is 0 Å². The molecule has 16 heavy (non-hydrogen) atoms. The van der Waals surface area contributed by atoms with Gasteiger partial charge in [0, 0.05) is 4.47 Å². The topological polar surface area (TPSA) is 0 Å². The molecule has 0 aliphatic heterocycles. The normalized spacial score (nSPS) is 13.8. The Balaban J connectivity index is 2.03. The zero-order chi connectivity index (χ0) is 11.0. The van der Waals surface area contributed by atoms with Gasteiger partial charge in [0.05, 0.1) is 0 Å². The lowest BCUT2D eigenvalue weighted by Gasteiger charge is -2.05. The van der Waals surface area contributed by atoms with Crippen molar-refractivity contribution in [3.8, 4) is 11.1 Å². The van der Waals surface area contributed by atoms with Gasteiger partial charge in [-0.25, -0.2) is 0 Å². The van der Waals surface area contributed by atoms with Crippen molar-refractivity contribution in [1.82, 2.24) is 0 Å². The van der Waals surface area contributed by atoms with E-state index in [0.29, 0.717) is 0 Å². The molecule has 0 atom stereocenters. The van der Waals surface area contributed by atoms with Crippen LogP contribution in [0.2, 0.25) is 0 Å². The summed E-state index contributed by atoms with van der Waals surface area (Å²) in [4.78, 5) is 0. The van der Waals surface area contributed by atoms with Crippen molar-refractivity contribution < 1.29 is 0 Å². The fourth-order valence-electron chi connectivity index (χ4n) is 2.39. The van der Waals surface area contributed by atoms with Crippen molar-refractivity contribution in [2.75, 3.05) is 0 Å². The van der Waals surface area contributed by atoms with Gasteiger partial charge in [-0.3, -0.25) is 0 Å². The number of fused-ring (bicyclic) bond motifs is 1. The molecule has 0 nitrogen and oxygen atoms in total. The quantitative estimate of drug-likeness (QED) is 0.712. The minimum atomic E-state index is 1.14. The summed E-state index contributed by atoms with van der Waals surface area (Å²) in [5, 5.41) is 0. The lowest BCUT2D eigenvalue weighted by atomic mass is 10.0. The van der Waals surface area contributed by atoms with E-state index in [-0.39, 0.29) is 0 Å². The molecule has 0 aromatic heterocycles. The lowest BCUT2D eigenvalue weighted by Crippen LogP contribution is -1.84. The Morgan fingerprint density at radius 3 is 2.25 bits per heavy atom. The van der Waals surface area contributed by atoms with Gasteiger partial charge in [0.2, 0.25) is 0 Å². The molecule has 0 bridgehead atoms. The van der Waals surface area contributed by atoms with Crippen LogP contribution in [-0.4, -0.2) is 0 Å². The Kier molecular flexibility index (Phi) is 2.56. The smallest absolute Gasteiger partial charge is 0.0175 e. The van der Waals surface area contributed by atoms with Gasteiger partial charge >= 0.3 is 0 Å². The lowest BCUT2D eigenvalue weighted by molar-refractivity contribution is 0.912. The SMILES string of the molecule is Brc1ccc(-c2ccc3c(c2)CCC3)cc1. The van der Waals surface area contributed by atoms with E-state index in [0.717, 1.165) is 4.47 Å². The summed E-state index contributed by atoms with van der Waals surface area (Å²) in [6, 6.07) is 15.4. The average molecular weight is 273 g/mol. The van der Waals surface area contributed by atoms with Crippen LogP contribution in [0.15, 0.2) is 46.9 Å². The third-order valence-corrected chi connectivity index (χ3v) is 3.80. The first-order valence-corrected chi connectivity index (χ1v) is 6.50. The van der Waals surface area contributed by atoms with Crippen LogP contribution in [0.1, 0.15) is 17.5 Å². The van der Waals surface area contributed by atoms with E-state index < -0.39 is 0 Å². The van der Waals surface area contributed by atoms with E-state index in [9.17, 15) is 0 Å². The molecule has 2 aromatic carbocycles. The maximum absolute atomic E-state index is 3.47. The highest BCUT2D eigenvalue weighted by molar-refractivity contribution is 9.10. The average Bonchev–Trinajstić information content (AvgIpc) is 2.77. The van der Waals surface area contributed by atoms with E-state index in [1.54, 1.807) is 11.1 Å². The predicted octanol–water partition coefficient (Wildman–Crippen LogP) is 4.60. The summed E-state index contributed by atoms with van der Waals surface area (Å²) < 4.78 is 1.14. The van der Waals surface area contributed by atoms with Crippen LogP contribution in [0.5, 0.6) is 0 Å². The second-order valence-electron chi connectivity index (χ2n) is 4.34. The van der Waals surface area contributed by atoms with Crippen LogP contribution in [0.4, 0.5) is 0 Å². The molecule has 3 rings (SSSR count). The maximum Gasteiger partial charge on any atom is 0.0175 e. The third kappa shape index (κ3) is 1.80. The van der Waals surface area contributed by atoms with E-state index >= 15 is 0 Å². The molecule has 0 radical (unpaired) electrons. The highest BCUT2D eigenvalue weighted by atomic mass is 79.9. The van der Waals surface area contributed by atoms with Gasteiger partial charge < -0.3 is 0 Å². The number of benzene rings is 2. The van der Waals surface area contributed by atoms with E-state index in [1.807, 2.05) is 0 Å². The minimum Gasteiger partial charge on any atom is -0.0582 e. The number of halogens is 1. The number of rotatable bonds is 1. The van der Waals surface area contributed by atoms with Gasteiger partial charge in [-0.05, 0) is 53.6 Å².